The maximum Gasteiger partial charge on any atom is 0.0716 e. The number of aryl methyl sites for hydroxylation is 1. The van der Waals surface area contributed by atoms with Gasteiger partial charge in [-0.15, -0.1) is 0 Å². The molecule has 2 aromatic rings. The molecule has 0 bridgehead atoms. The van der Waals surface area contributed by atoms with Gasteiger partial charge in [0.15, 0.2) is 0 Å². The molecule has 1 aromatic heterocycles. The lowest BCUT2D eigenvalue weighted by atomic mass is 10.2. The first-order valence-corrected chi connectivity index (χ1v) is 6.47. The number of hydrogen-bond donors (Lipinski definition) is 0. The van der Waals surface area contributed by atoms with Crippen LogP contribution >= 0.6 is 0 Å². The Morgan fingerprint density at radius 1 is 0.889 bits per heavy atom. The largest absolute Gasteiger partial charge is 0.377 e. The van der Waals surface area contributed by atoms with Crippen molar-refractivity contribution in [3.05, 3.63) is 66.0 Å². The Labute approximate surface area is 109 Å². The monoisotopic (exact) mass is 241 g/mol. The van der Waals surface area contributed by atoms with Crippen molar-refractivity contribution in [1.29, 1.82) is 0 Å². The molecule has 0 saturated carbocycles. The van der Waals surface area contributed by atoms with Gasteiger partial charge < -0.3 is 4.74 Å². The molecule has 0 saturated heterocycles. The highest BCUT2D eigenvalue weighted by atomic mass is 16.5. The summed E-state index contributed by atoms with van der Waals surface area (Å²) < 4.78 is 5.64. The Hall–Kier alpha value is -1.67. The predicted octanol–water partition coefficient (Wildman–Crippen LogP) is 3.62. The summed E-state index contributed by atoms with van der Waals surface area (Å²) in [6.45, 7) is 1.53. The van der Waals surface area contributed by atoms with Gasteiger partial charge in [-0.3, -0.25) is 4.98 Å². The number of rotatable bonds is 7. The topological polar surface area (TPSA) is 22.1 Å². The van der Waals surface area contributed by atoms with Crippen molar-refractivity contribution in [3.8, 4) is 0 Å². The molecule has 0 aliphatic heterocycles. The molecular formula is C16H19NO. The lowest BCUT2D eigenvalue weighted by Gasteiger charge is -2.04. The number of nitrogens with zero attached hydrogens (tertiary/aromatic N) is 1. The number of aromatic nitrogens is 1. The second-order valence-electron chi connectivity index (χ2n) is 4.32. The van der Waals surface area contributed by atoms with Gasteiger partial charge in [-0.25, -0.2) is 0 Å². The Balaban J connectivity index is 1.54. The van der Waals surface area contributed by atoms with E-state index in [1.54, 1.807) is 0 Å². The van der Waals surface area contributed by atoms with Crippen molar-refractivity contribution in [2.45, 2.75) is 25.9 Å². The van der Waals surface area contributed by atoms with E-state index in [4.69, 9.17) is 4.74 Å². The van der Waals surface area contributed by atoms with Gasteiger partial charge in [0, 0.05) is 18.5 Å². The van der Waals surface area contributed by atoms with Crippen LogP contribution < -0.4 is 0 Å². The lowest BCUT2D eigenvalue weighted by molar-refractivity contribution is 0.117. The van der Waals surface area contributed by atoms with Crippen molar-refractivity contribution in [3.63, 3.8) is 0 Å². The zero-order valence-corrected chi connectivity index (χ0v) is 10.6. The Kier molecular flexibility index (Phi) is 5.41. The zero-order valence-electron chi connectivity index (χ0n) is 10.6. The number of ether oxygens (including phenoxy) is 1. The minimum Gasteiger partial charge on any atom is -0.377 e. The highest BCUT2D eigenvalue weighted by Crippen LogP contribution is 2.04. The molecule has 2 nitrogen and oxygen atoms in total. The van der Waals surface area contributed by atoms with Crippen molar-refractivity contribution in [1.82, 2.24) is 4.98 Å². The first kappa shape index (κ1) is 12.8. The number of benzene rings is 1. The fourth-order valence-electron chi connectivity index (χ4n) is 1.82. The third kappa shape index (κ3) is 4.68. The lowest BCUT2D eigenvalue weighted by Crippen LogP contribution is -1.97. The van der Waals surface area contributed by atoms with Gasteiger partial charge in [-0.1, -0.05) is 36.4 Å². The smallest absolute Gasteiger partial charge is 0.0716 e. The average molecular weight is 241 g/mol. The quantitative estimate of drug-likeness (QED) is 0.691. The van der Waals surface area contributed by atoms with Gasteiger partial charge in [-0.2, -0.15) is 0 Å². The third-order valence-corrected chi connectivity index (χ3v) is 2.81. The van der Waals surface area contributed by atoms with Gasteiger partial charge in [0.1, 0.15) is 0 Å². The van der Waals surface area contributed by atoms with E-state index in [1.165, 1.54) is 11.3 Å². The normalized spacial score (nSPS) is 10.4. The van der Waals surface area contributed by atoms with Crippen LogP contribution in [0.4, 0.5) is 0 Å². The summed E-state index contributed by atoms with van der Waals surface area (Å²) in [5.41, 5.74) is 2.41. The highest BCUT2D eigenvalue weighted by molar-refractivity contribution is 5.13. The molecule has 1 aromatic carbocycles. The molecule has 0 spiro atoms. The van der Waals surface area contributed by atoms with Gasteiger partial charge in [0.25, 0.3) is 0 Å². The minimum atomic E-state index is 0.713. The first-order chi connectivity index (χ1) is 8.95. The van der Waals surface area contributed by atoms with Crippen LogP contribution in [0.1, 0.15) is 24.1 Å². The second-order valence-corrected chi connectivity index (χ2v) is 4.32. The molecule has 0 fully saturated rings. The van der Waals surface area contributed by atoms with Crippen LogP contribution in [0.15, 0.2) is 54.7 Å². The van der Waals surface area contributed by atoms with Gasteiger partial charge in [0.2, 0.25) is 0 Å². The molecule has 18 heavy (non-hydrogen) atoms. The summed E-state index contributed by atoms with van der Waals surface area (Å²) in [6.07, 6.45) is 5.10. The molecule has 0 aliphatic carbocycles. The molecule has 0 atom stereocenters. The van der Waals surface area contributed by atoms with Crippen molar-refractivity contribution < 1.29 is 4.74 Å². The van der Waals surface area contributed by atoms with Gasteiger partial charge in [0.05, 0.1) is 6.61 Å². The summed E-state index contributed by atoms with van der Waals surface area (Å²) in [6, 6.07) is 16.4. The highest BCUT2D eigenvalue weighted by Gasteiger charge is 1.95. The fraction of sp³-hybridized carbons (Fsp3) is 0.312. The number of pyridine rings is 1. The van der Waals surface area contributed by atoms with Crippen LogP contribution in [-0.4, -0.2) is 11.6 Å². The van der Waals surface area contributed by atoms with Crippen LogP contribution in [0.5, 0.6) is 0 Å². The Morgan fingerprint density at radius 3 is 2.50 bits per heavy atom. The summed E-state index contributed by atoms with van der Waals surface area (Å²) in [4.78, 5) is 4.30. The van der Waals surface area contributed by atoms with Crippen LogP contribution in [-0.2, 0) is 17.8 Å². The summed E-state index contributed by atoms with van der Waals surface area (Å²) >= 11 is 0. The number of unbranched alkanes of at least 4 members (excludes halogenated alkanes) is 1. The van der Waals surface area contributed by atoms with E-state index in [0.29, 0.717) is 6.61 Å². The molecule has 0 amide bonds. The van der Waals surface area contributed by atoms with E-state index in [0.717, 1.165) is 25.9 Å². The van der Waals surface area contributed by atoms with E-state index in [-0.39, 0.29) is 0 Å². The Bertz CT molecular complexity index is 384. The molecule has 94 valence electrons. The number of hydrogen-bond acceptors (Lipinski definition) is 2. The van der Waals surface area contributed by atoms with E-state index in [2.05, 4.69) is 23.2 Å². The van der Waals surface area contributed by atoms with Crippen molar-refractivity contribution in [2.75, 3.05) is 6.61 Å². The first-order valence-electron chi connectivity index (χ1n) is 6.47. The summed E-state index contributed by atoms with van der Waals surface area (Å²) in [5, 5.41) is 0. The van der Waals surface area contributed by atoms with Crippen LogP contribution in [0.25, 0.3) is 0 Å². The minimum absolute atomic E-state index is 0.713. The zero-order chi connectivity index (χ0) is 12.5. The molecule has 0 aliphatic rings. The van der Waals surface area contributed by atoms with Crippen LogP contribution in [0.2, 0.25) is 0 Å². The average Bonchev–Trinajstić information content (AvgIpc) is 2.45. The molecule has 2 rings (SSSR count). The van der Waals surface area contributed by atoms with E-state index in [1.807, 2.05) is 36.5 Å². The van der Waals surface area contributed by atoms with Crippen LogP contribution in [0, 0.1) is 0 Å². The van der Waals surface area contributed by atoms with Crippen molar-refractivity contribution >= 4 is 0 Å². The molecule has 0 unspecified atom stereocenters. The third-order valence-electron chi connectivity index (χ3n) is 2.81. The fourth-order valence-corrected chi connectivity index (χ4v) is 1.82. The molecule has 0 N–H and O–H groups in total. The van der Waals surface area contributed by atoms with Crippen LogP contribution in [0.3, 0.4) is 0 Å². The van der Waals surface area contributed by atoms with Crippen molar-refractivity contribution in [2.24, 2.45) is 0 Å². The van der Waals surface area contributed by atoms with Gasteiger partial charge in [-0.05, 0) is 37.0 Å². The maximum absolute atomic E-state index is 5.64. The predicted molar refractivity (Wildman–Crippen MR) is 73.3 cm³/mol. The molecule has 0 radical (unpaired) electrons. The Morgan fingerprint density at radius 2 is 1.72 bits per heavy atom. The van der Waals surface area contributed by atoms with E-state index >= 15 is 0 Å². The summed E-state index contributed by atoms with van der Waals surface area (Å²) in [7, 11) is 0. The second kappa shape index (κ2) is 7.62. The SMILES string of the molecule is c1ccc(COCCCCc2ccccn2)cc1. The molecular weight excluding hydrogens is 222 g/mol. The molecule has 2 heteroatoms. The van der Waals surface area contributed by atoms with E-state index in [9.17, 15) is 0 Å². The summed E-state index contributed by atoms with van der Waals surface area (Å²) in [5.74, 6) is 0. The molecule has 1 heterocycles. The van der Waals surface area contributed by atoms with E-state index < -0.39 is 0 Å². The van der Waals surface area contributed by atoms with Gasteiger partial charge >= 0.3 is 0 Å². The maximum atomic E-state index is 5.64. The standard InChI is InChI=1S/C16H19NO/c1-2-8-15(9-3-1)14-18-13-7-5-11-16-10-4-6-12-17-16/h1-4,6,8-10,12H,5,7,11,13-14H2.